The summed E-state index contributed by atoms with van der Waals surface area (Å²) in [6.45, 7) is 46.2. The van der Waals surface area contributed by atoms with Crippen molar-refractivity contribution in [2.45, 2.75) is 213 Å². The fourth-order valence-corrected chi connectivity index (χ4v) is 14.5. The molecule has 0 amide bonds. The third-order valence-electron chi connectivity index (χ3n) is 20.1. The molecule has 0 unspecified atom stereocenters. The predicted octanol–water partition coefficient (Wildman–Crippen LogP) is 18.1. The Bertz CT molecular complexity index is 3540. The number of aryl methyl sites for hydroxylation is 1. The van der Waals surface area contributed by atoms with Crippen molar-refractivity contribution >= 4 is 68.4 Å². The minimum absolute atomic E-state index is 0.00147. The second-order valence-corrected chi connectivity index (χ2v) is 30.3. The molecule has 6 aromatic carbocycles. The Labute approximate surface area is 452 Å². The molecule has 4 heteroatoms. The fourth-order valence-electron chi connectivity index (χ4n) is 14.5. The van der Waals surface area contributed by atoms with E-state index in [9.17, 15) is 0 Å². The lowest BCUT2D eigenvalue weighted by molar-refractivity contribution is 0.332. The summed E-state index contributed by atoms with van der Waals surface area (Å²) < 4.78 is 7.86. The fraction of sp³-hybridized carbons (Fsp3) is 0.465. The molecule has 5 aliphatic rings. The molecule has 75 heavy (non-hydrogen) atoms. The lowest BCUT2D eigenvalue weighted by Gasteiger charge is -2.47. The largest absolute Gasteiger partial charge is 0.468 e. The van der Waals surface area contributed by atoms with Crippen LogP contribution in [0.3, 0.4) is 0 Å². The van der Waals surface area contributed by atoms with Gasteiger partial charge in [0.25, 0.3) is 6.71 Å². The van der Waals surface area contributed by atoms with Gasteiger partial charge in [-0.2, -0.15) is 0 Å². The average Bonchev–Trinajstić information content (AvgIpc) is 3.78. The quantitative estimate of drug-likeness (QED) is 0.165. The van der Waals surface area contributed by atoms with Gasteiger partial charge in [0.2, 0.25) is 0 Å². The molecule has 0 fully saturated rings. The first-order valence-electron chi connectivity index (χ1n) is 28.8. The van der Waals surface area contributed by atoms with E-state index < -0.39 is 0 Å². The van der Waals surface area contributed by atoms with Gasteiger partial charge in [-0.05, 0) is 204 Å². The second kappa shape index (κ2) is 15.8. The van der Waals surface area contributed by atoms with Gasteiger partial charge in [-0.1, -0.05) is 173 Å². The Morgan fingerprint density at radius 3 is 1.44 bits per heavy atom. The van der Waals surface area contributed by atoms with E-state index >= 15 is 0 Å². The molecule has 0 N–H and O–H groups in total. The molecule has 0 atom stereocenters. The van der Waals surface area contributed by atoms with Crippen molar-refractivity contribution in [1.82, 2.24) is 0 Å². The van der Waals surface area contributed by atoms with E-state index in [-0.39, 0.29) is 50.0 Å². The van der Waals surface area contributed by atoms with Gasteiger partial charge >= 0.3 is 0 Å². The van der Waals surface area contributed by atoms with Crippen molar-refractivity contribution in [2.24, 2.45) is 0 Å². The molecule has 3 nitrogen and oxygen atoms in total. The summed E-state index contributed by atoms with van der Waals surface area (Å²) >= 11 is 0. The number of fused-ring (bicyclic) bond motifs is 9. The van der Waals surface area contributed by atoms with Crippen molar-refractivity contribution in [3.05, 3.63) is 147 Å². The number of furan rings is 1. The molecular formula is C71H85BN2O. The Balaban J connectivity index is 1.28. The van der Waals surface area contributed by atoms with Gasteiger partial charge < -0.3 is 14.2 Å². The van der Waals surface area contributed by atoms with Crippen LogP contribution in [0.2, 0.25) is 0 Å². The molecule has 0 saturated carbocycles. The normalized spacial score (nSPS) is 20.2. The van der Waals surface area contributed by atoms with Crippen molar-refractivity contribution in [3.8, 4) is 11.1 Å². The van der Waals surface area contributed by atoms with E-state index in [1.807, 2.05) is 0 Å². The van der Waals surface area contributed by atoms with E-state index in [0.717, 1.165) is 43.3 Å². The summed E-state index contributed by atoms with van der Waals surface area (Å²) in [5.74, 6) is 0. The maximum Gasteiger partial charge on any atom is 0.297 e. The average molecular weight is 993 g/mol. The van der Waals surface area contributed by atoms with E-state index in [1.54, 1.807) is 0 Å². The zero-order chi connectivity index (χ0) is 53.7. The van der Waals surface area contributed by atoms with Crippen LogP contribution in [0.25, 0.3) is 22.1 Å². The van der Waals surface area contributed by atoms with Crippen LogP contribution in [0.4, 0.5) is 34.1 Å². The Morgan fingerprint density at radius 2 is 0.907 bits per heavy atom. The van der Waals surface area contributed by atoms with Crippen LogP contribution in [-0.4, -0.2) is 6.71 Å². The zero-order valence-corrected chi connectivity index (χ0v) is 49.4. The van der Waals surface area contributed by atoms with Crippen LogP contribution < -0.4 is 26.4 Å². The molecule has 0 spiro atoms. The lowest BCUT2D eigenvalue weighted by Crippen LogP contribution is -2.61. The summed E-state index contributed by atoms with van der Waals surface area (Å²) in [7, 11) is 0. The Hall–Kier alpha value is -5.48. The number of hydrogen-bond donors (Lipinski definition) is 0. The minimum atomic E-state index is -0.163. The molecule has 0 saturated heterocycles. The monoisotopic (exact) mass is 993 g/mol. The van der Waals surface area contributed by atoms with Gasteiger partial charge in [0.1, 0.15) is 5.58 Å². The molecule has 2 aliphatic heterocycles. The molecule has 0 radical (unpaired) electrons. The Morgan fingerprint density at radius 1 is 0.440 bits per heavy atom. The molecule has 388 valence electrons. The molecule has 0 bridgehead atoms. The highest BCUT2D eigenvalue weighted by Crippen LogP contribution is 2.57. The van der Waals surface area contributed by atoms with Gasteiger partial charge in [0.05, 0.1) is 17.0 Å². The molecule has 1 aromatic heterocycles. The highest BCUT2D eigenvalue weighted by atomic mass is 16.3. The van der Waals surface area contributed by atoms with Crippen molar-refractivity contribution in [3.63, 3.8) is 0 Å². The molecule has 7 aromatic rings. The van der Waals surface area contributed by atoms with Crippen LogP contribution in [0.5, 0.6) is 0 Å². The second-order valence-electron chi connectivity index (χ2n) is 30.3. The highest BCUT2D eigenvalue weighted by molar-refractivity contribution is 7.00. The number of benzene rings is 6. The maximum absolute atomic E-state index is 7.86. The minimum Gasteiger partial charge on any atom is -0.468 e. The highest BCUT2D eigenvalue weighted by Gasteiger charge is 2.51. The molecule has 12 rings (SSSR count). The van der Waals surface area contributed by atoms with Crippen molar-refractivity contribution in [1.29, 1.82) is 0 Å². The first-order valence-corrected chi connectivity index (χ1v) is 28.8. The molecule has 3 aliphatic carbocycles. The van der Waals surface area contributed by atoms with Crippen molar-refractivity contribution in [2.75, 3.05) is 9.80 Å². The first kappa shape index (κ1) is 50.3. The van der Waals surface area contributed by atoms with Gasteiger partial charge in [-0.3, -0.25) is 0 Å². The van der Waals surface area contributed by atoms with E-state index in [2.05, 4.69) is 238 Å². The number of anilines is 6. The SMILES string of the molecule is Cc1cc2c(cc1N1c3cc(C(C)(C)C)cc4c3B(c3cc5c(cc3N4c3ccc(C(C)(C)C)cc3-c3ccccc3)C(C)(C)CCC5(C)C)c3oc4cc5c(cc4c31)C(C)(C)CCC5(C)C)C(C)(C)CCC2(C)C. The van der Waals surface area contributed by atoms with Crippen LogP contribution >= 0.6 is 0 Å². The molecular weight excluding hydrogens is 908 g/mol. The number of nitrogens with zero attached hydrogens (tertiary/aromatic N) is 2. The third kappa shape index (κ3) is 7.54. The smallest absolute Gasteiger partial charge is 0.297 e. The topological polar surface area (TPSA) is 19.6 Å². The van der Waals surface area contributed by atoms with E-state index in [1.165, 1.54) is 118 Å². The molecule has 3 heterocycles. The lowest BCUT2D eigenvalue weighted by atomic mass is 9.35. The van der Waals surface area contributed by atoms with Gasteiger partial charge in [-0.15, -0.1) is 0 Å². The summed E-state index contributed by atoms with van der Waals surface area (Å²) in [5, 5.41) is 1.23. The zero-order valence-electron chi connectivity index (χ0n) is 49.4. The third-order valence-corrected chi connectivity index (χ3v) is 20.1. The van der Waals surface area contributed by atoms with Gasteiger partial charge in [0, 0.05) is 33.7 Å². The van der Waals surface area contributed by atoms with Crippen LogP contribution in [0.1, 0.15) is 213 Å². The Kier molecular flexibility index (Phi) is 10.6. The standard InChI is InChI=1S/C71H85BN2O/c1-42-33-48-51(69(14,15)30-27-66(48,8)9)39-56(42)74-59-36-45(65(5,6)7)35-58-61(59)72(63-62(74)47-37-49-53(41-60(47)75-63)71(18,19)32-28-67(49,10)11)54-38-50-52(70(16,17)31-29-68(50,12)13)40-57(54)73(58)55-26-25-44(64(2,3)4)34-46(55)43-23-21-20-22-24-43/h20-26,33-41H,27-32H2,1-19H3. The van der Waals surface area contributed by atoms with Crippen LogP contribution in [-0.2, 0) is 43.3 Å². The number of hydrogen-bond acceptors (Lipinski definition) is 3. The maximum atomic E-state index is 7.86. The van der Waals surface area contributed by atoms with Crippen LogP contribution in [0.15, 0.2) is 101 Å². The summed E-state index contributed by atoms with van der Waals surface area (Å²) in [5.41, 5.74) is 27.5. The summed E-state index contributed by atoms with van der Waals surface area (Å²) in [4.78, 5) is 5.44. The van der Waals surface area contributed by atoms with Crippen LogP contribution in [0, 0.1) is 6.92 Å². The van der Waals surface area contributed by atoms with Gasteiger partial charge in [-0.25, -0.2) is 0 Å². The summed E-state index contributed by atoms with van der Waals surface area (Å²) in [6.07, 6.45) is 6.94. The van der Waals surface area contributed by atoms with Crippen molar-refractivity contribution < 1.29 is 4.42 Å². The summed E-state index contributed by atoms with van der Waals surface area (Å²) in [6, 6.07) is 39.3. The van der Waals surface area contributed by atoms with E-state index in [0.29, 0.717) is 0 Å². The van der Waals surface area contributed by atoms with Gasteiger partial charge in [0.15, 0.2) is 0 Å². The van der Waals surface area contributed by atoms with E-state index in [4.69, 9.17) is 4.42 Å². The number of rotatable bonds is 3. The predicted molar refractivity (Wildman–Crippen MR) is 324 cm³/mol. The first-order chi connectivity index (χ1) is 34.8.